The molecule has 0 radical (unpaired) electrons. The Bertz CT molecular complexity index is 199. The van der Waals surface area contributed by atoms with Crippen LogP contribution in [-0.2, 0) is 9.53 Å². The van der Waals surface area contributed by atoms with Crippen molar-refractivity contribution in [2.75, 3.05) is 0 Å². The Morgan fingerprint density at radius 1 is 1.13 bits per heavy atom. The molecule has 3 N–H and O–H groups in total. The topological polar surface area (TPSA) is 87.0 Å². The van der Waals surface area contributed by atoms with Crippen molar-refractivity contribution in [3.63, 3.8) is 0 Å². The fraction of sp³-hybridized carbons (Fsp3) is 0.900. The van der Waals surface area contributed by atoms with Gasteiger partial charge in [-0.3, -0.25) is 4.79 Å². The average molecular weight is 220 g/mol. The van der Waals surface area contributed by atoms with E-state index < -0.39 is 11.6 Å². The van der Waals surface area contributed by atoms with Crippen molar-refractivity contribution in [2.45, 2.75) is 58.0 Å². The van der Waals surface area contributed by atoms with Crippen molar-refractivity contribution in [1.29, 1.82) is 0 Å². The molecule has 15 heavy (non-hydrogen) atoms. The van der Waals surface area contributed by atoms with Gasteiger partial charge < -0.3 is 20.1 Å². The van der Waals surface area contributed by atoms with Crippen LogP contribution < -0.4 is 0 Å². The number of hydrogen-bond donors (Lipinski definition) is 3. The van der Waals surface area contributed by atoms with Crippen LogP contribution in [0.2, 0.25) is 0 Å². The van der Waals surface area contributed by atoms with Gasteiger partial charge in [-0.05, 0) is 33.6 Å². The SMILES string of the molecule is CC(C)(C)OC(=O)CCCCC(O)(O)O. The maximum Gasteiger partial charge on any atom is 0.306 e. The molecule has 0 aromatic carbocycles. The van der Waals surface area contributed by atoms with Crippen molar-refractivity contribution < 1.29 is 24.9 Å². The summed E-state index contributed by atoms with van der Waals surface area (Å²) >= 11 is 0. The van der Waals surface area contributed by atoms with E-state index >= 15 is 0 Å². The molecule has 5 heteroatoms. The van der Waals surface area contributed by atoms with Gasteiger partial charge in [0.15, 0.2) is 0 Å². The molecule has 5 nitrogen and oxygen atoms in total. The second kappa shape index (κ2) is 5.44. The highest BCUT2D eigenvalue weighted by atomic mass is 16.7. The van der Waals surface area contributed by atoms with Crippen molar-refractivity contribution in [3.05, 3.63) is 0 Å². The molecule has 0 aliphatic rings. The van der Waals surface area contributed by atoms with E-state index in [2.05, 4.69) is 0 Å². The number of ether oxygens (including phenoxy) is 1. The second-order valence-corrected chi connectivity index (χ2v) is 4.57. The van der Waals surface area contributed by atoms with E-state index in [1.54, 1.807) is 20.8 Å². The number of rotatable bonds is 5. The van der Waals surface area contributed by atoms with E-state index in [-0.39, 0.29) is 18.8 Å². The molecule has 0 bridgehead atoms. The van der Waals surface area contributed by atoms with E-state index in [9.17, 15) is 4.79 Å². The van der Waals surface area contributed by atoms with Crippen molar-refractivity contribution >= 4 is 5.97 Å². The van der Waals surface area contributed by atoms with E-state index in [1.807, 2.05) is 0 Å². The van der Waals surface area contributed by atoms with Gasteiger partial charge in [-0.2, -0.15) is 0 Å². The number of unbranched alkanes of at least 4 members (excludes halogenated alkanes) is 1. The van der Waals surface area contributed by atoms with Crippen LogP contribution in [0.3, 0.4) is 0 Å². The molecule has 0 aromatic heterocycles. The fourth-order valence-electron chi connectivity index (χ4n) is 1.02. The van der Waals surface area contributed by atoms with E-state index in [0.29, 0.717) is 12.8 Å². The van der Waals surface area contributed by atoms with Crippen molar-refractivity contribution in [1.82, 2.24) is 0 Å². The smallest absolute Gasteiger partial charge is 0.306 e. The predicted molar refractivity (Wildman–Crippen MR) is 53.7 cm³/mol. The molecule has 0 saturated carbocycles. The third-order valence-corrected chi connectivity index (χ3v) is 1.56. The zero-order chi connectivity index (χ0) is 12.1. The lowest BCUT2D eigenvalue weighted by molar-refractivity contribution is -0.315. The summed E-state index contributed by atoms with van der Waals surface area (Å²) in [5.74, 6) is -2.95. The van der Waals surface area contributed by atoms with Crippen LogP contribution in [0.1, 0.15) is 46.5 Å². The minimum atomic E-state index is -2.63. The van der Waals surface area contributed by atoms with Crippen LogP contribution in [0.15, 0.2) is 0 Å². The van der Waals surface area contributed by atoms with Gasteiger partial charge in [-0.25, -0.2) is 0 Å². The largest absolute Gasteiger partial charge is 0.460 e. The fourth-order valence-corrected chi connectivity index (χ4v) is 1.02. The summed E-state index contributed by atoms with van der Waals surface area (Å²) < 4.78 is 5.04. The first-order valence-electron chi connectivity index (χ1n) is 4.99. The van der Waals surface area contributed by atoms with E-state index in [0.717, 1.165) is 0 Å². The standard InChI is InChI=1S/C10H20O5/c1-9(2,3)15-8(11)6-4-5-7-10(12,13)14/h12-14H,4-7H2,1-3H3. The molecule has 0 amide bonds. The number of aliphatic hydroxyl groups is 3. The molecule has 0 rings (SSSR count). The third kappa shape index (κ3) is 11.3. The molecule has 0 unspecified atom stereocenters. The maximum absolute atomic E-state index is 11.2. The second-order valence-electron chi connectivity index (χ2n) is 4.57. The van der Waals surface area contributed by atoms with Gasteiger partial charge in [0.05, 0.1) is 0 Å². The minimum Gasteiger partial charge on any atom is -0.460 e. The molecule has 0 heterocycles. The molecule has 0 aliphatic carbocycles. The summed E-state index contributed by atoms with van der Waals surface area (Å²) in [6.45, 7) is 5.35. The Balaban J connectivity index is 3.57. The number of esters is 1. The zero-order valence-electron chi connectivity index (χ0n) is 9.49. The molecule has 0 saturated heterocycles. The maximum atomic E-state index is 11.2. The quantitative estimate of drug-likeness (QED) is 0.357. The average Bonchev–Trinajstić information content (AvgIpc) is 1.92. The summed E-state index contributed by atoms with van der Waals surface area (Å²) in [5.41, 5.74) is -0.494. The molecule has 0 spiro atoms. The van der Waals surface area contributed by atoms with Gasteiger partial charge in [0.1, 0.15) is 5.60 Å². The molecular formula is C10H20O5. The monoisotopic (exact) mass is 220 g/mol. The summed E-state index contributed by atoms with van der Waals surface area (Å²) in [7, 11) is 0. The number of carbonyl (C=O) groups excluding carboxylic acids is 1. The molecule has 90 valence electrons. The number of hydrogen-bond acceptors (Lipinski definition) is 5. The van der Waals surface area contributed by atoms with Crippen LogP contribution in [0.25, 0.3) is 0 Å². The molecule has 0 atom stereocenters. The molecule has 0 fully saturated rings. The van der Waals surface area contributed by atoms with E-state index in [4.69, 9.17) is 20.1 Å². The number of carbonyl (C=O) groups is 1. The summed E-state index contributed by atoms with van der Waals surface area (Å²) in [5, 5.41) is 25.7. The summed E-state index contributed by atoms with van der Waals surface area (Å²) in [6, 6.07) is 0. The third-order valence-electron chi connectivity index (χ3n) is 1.56. The Morgan fingerprint density at radius 3 is 2.07 bits per heavy atom. The first-order chi connectivity index (χ1) is 6.60. The Morgan fingerprint density at radius 2 is 1.67 bits per heavy atom. The highest BCUT2D eigenvalue weighted by Gasteiger charge is 2.18. The van der Waals surface area contributed by atoms with Crippen LogP contribution in [-0.4, -0.2) is 32.9 Å². The lowest BCUT2D eigenvalue weighted by Gasteiger charge is -2.19. The lowest BCUT2D eigenvalue weighted by Crippen LogP contribution is -2.27. The molecule has 0 aliphatic heterocycles. The first-order valence-corrected chi connectivity index (χ1v) is 4.99. The van der Waals surface area contributed by atoms with Crippen LogP contribution in [0.4, 0.5) is 0 Å². The van der Waals surface area contributed by atoms with Gasteiger partial charge >= 0.3 is 5.97 Å². The predicted octanol–water partition coefficient (Wildman–Crippen LogP) is 0.519. The summed E-state index contributed by atoms with van der Waals surface area (Å²) in [4.78, 5) is 11.2. The Labute approximate surface area is 89.7 Å². The van der Waals surface area contributed by atoms with Crippen molar-refractivity contribution in [2.24, 2.45) is 0 Å². The van der Waals surface area contributed by atoms with Gasteiger partial charge in [0.2, 0.25) is 0 Å². The van der Waals surface area contributed by atoms with Crippen LogP contribution in [0, 0.1) is 0 Å². The van der Waals surface area contributed by atoms with Gasteiger partial charge in [0, 0.05) is 12.8 Å². The Hall–Kier alpha value is -0.650. The first kappa shape index (κ1) is 14.3. The molecular weight excluding hydrogens is 200 g/mol. The van der Waals surface area contributed by atoms with Crippen molar-refractivity contribution in [3.8, 4) is 0 Å². The van der Waals surface area contributed by atoms with E-state index in [1.165, 1.54) is 0 Å². The van der Waals surface area contributed by atoms with Gasteiger partial charge in [0.25, 0.3) is 5.97 Å². The zero-order valence-corrected chi connectivity index (χ0v) is 9.49. The lowest BCUT2D eigenvalue weighted by atomic mass is 10.1. The normalized spacial score (nSPS) is 12.7. The highest BCUT2D eigenvalue weighted by molar-refractivity contribution is 5.69. The summed E-state index contributed by atoms with van der Waals surface area (Å²) in [6.07, 6.45) is 0.851. The van der Waals surface area contributed by atoms with Crippen LogP contribution in [0.5, 0.6) is 0 Å². The van der Waals surface area contributed by atoms with Crippen LogP contribution >= 0.6 is 0 Å². The molecule has 0 aromatic rings. The van der Waals surface area contributed by atoms with Gasteiger partial charge in [-0.15, -0.1) is 0 Å². The van der Waals surface area contributed by atoms with Gasteiger partial charge in [-0.1, -0.05) is 0 Å². The highest BCUT2D eigenvalue weighted by Crippen LogP contribution is 2.12. The minimum absolute atomic E-state index is 0.171. The Kier molecular flexibility index (Phi) is 5.20.